The summed E-state index contributed by atoms with van der Waals surface area (Å²) in [6, 6.07) is 126. The predicted molar refractivity (Wildman–Crippen MR) is 490 cm³/mol. The summed E-state index contributed by atoms with van der Waals surface area (Å²) >= 11 is 0. The summed E-state index contributed by atoms with van der Waals surface area (Å²) in [5.74, 6) is 0.628. The molecule has 0 unspecified atom stereocenters. The smallest absolute Gasteiger partial charge is 0.252 e. The molecule has 2 aliphatic heterocycles. The van der Waals surface area contributed by atoms with E-state index in [0.717, 1.165) is 95.0 Å². The first-order chi connectivity index (χ1) is 55.5. The topological polar surface area (TPSA) is 35.6 Å². The van der Waals surface area contributed by atoms with Crippen LogP contribution in [0.5, 0.6) is 0 Å². The Morgan fingerprint density at radius 1 is 0.217 bits per heavy atom. The molecule has 0 bridgehead atoms. The Hall–Kier alpha value is -13.0. The Morgan fingerprint density at radius 3 is 0.783 bits per heavy atom. The molecule has 0 spiro atoms. The zero-order valence-electron chi connectivity index (χ0n) is 67.6. The van der Waals surface area contributed by atoms with Gasteiger partial charge in [-0.05, 0) is 240 Å². The number of hydrogen-bond acceptors (Lipinski definition) is 2. The fourth-order valence-corrected chi connectivity index (χ4v) is 18.2. The number of aromatic nitrogens is 4. The Kier molecular flexibility index (Phi) is 16.6. The van der Waals surface area contributed by atoms with E-state index in [4.69, 9.17) is 9.97 Å². The molecule has 0 N–H and O–H groups in total. The van der Waals surface area contributed by atoms with Crippen LogP contribution in [-0.4, -0.2) is 25.8 Å². The third-order valence-electron chi connectivity index (χ3n) is 24.5. The highest BCUT2D eigenvalue weighted by molar-refractivity contribution is 7.00. The van der Waals surface area contributed by atoms with Crippen LogP contribution in [0.2, 0.25) is 0 Å². The van der Waals surface area contributed by atoms with Gasteiger partial charge in [-0.15, -0.1) is 0 Å². The average Bonchev–Trinajstić information content (AvgIpc) is 1.45. The lowest BCUT2D eigenvalue weighted by Crippen LogP contribution is -2.59. The summed E-state index contributed by atoms with van der Waals surface area (Å²) in [5, 5.41) is 4.83. The number of rotatable bonds is 11. The minimum Gasteiger partial charge on any atom is -0.310 e. The molecular formula is C110H91BN4. The van der Waals surface area contributed by atoms with Gasteiger partial charge in [-0.1, -0.05) is 326 Å². The van der Waals surface area contributed by atoms with Crippen LogP contribution in [0.1, 0.15) is 105 Å². The second-order valence-electron chi connectivity index (χ2n) is 36.3. The van der Waals surface area contributed by atoms with Crippen molar-refractivity contribution in [1.82, 2.24) is 19.1 Å². The molecule has 2 aliphatic rings. The second-order valence-corrected chi connectivity index (χ2v) is 36.3. The van der Waals surface area contributed by atoms with Gasteiger partial charge in [-0.3, -0.25) is 0 Å². The van der Waals surface area contributed by atoms with Crippen molar-refractivity contribution in [2.45, 2.75) is 105 Å². The molecule has 0 amide bonds. The fourth-order valence-electron chi connectivity index (χ4n) is 18.2. The van der Waals surface area contributed by atoms with Crippen molar-refractivity contribution in [3.05, 3.63) is 356 Å². The predicted octanol–water partition coefficient (Wildman–Crippen LogP) is 27.3. The molecule has 0 saturated carbocycles. The van der Waals surface area contributed by atoms with Gasteiger partial charge in [0, 0.05) is 60.6 Å². The molecule has 5 heterocycles. The van der Waals surface area contributed by atoms with Crippen LogP contribution in [0, 0.1) is 0 Å². The summed E-state index contributed by atoms with van der Waals surface area (Å²) < 4.78 is 5.27. The largest absolute Gasteiger partial charge is 0.310 e. The third-order valence-corrected chi connectivity index (χ3v) is 24.5. The highest BCUT2D eigenvalue weighted by Gasteiger charge is 2.43. The van der Waals surface area contributed by atoms with E-state index in [0.29, 0.717) is 5.82 Å². The lowest BCUT2D eigenvalue weighted by atomic mass is 9.34. The van der Waals surface area contributed by atoms with Crippen LogP contribution in [0.4, 0.5) is 0 Å². The number of hydrogen-bond donors (Lipinski definition) is 0. The van der Waals surface area contributed by atoms with E-state index in [2.05, 4.69) is 426 Å². The Labute approximate surface area is 676 Å². The number of benzene rings is 15. The third kappa shape index (κ3) is 12.5. The van der Waals surface area contributed by atoms with E-state index in [-0.39, 0.29) is 28.4 Å². The van der Waals surface area contributed by atoms with Crippen molar-refractivity contribution in [3.8, 4) is 134 Å². The normalized spacial score (nSPS) is 12.7. The standard InChI is InChI=1S/C110H91BN4/c1-107(2,3)87-43-33-72(34-44-87)76-41-51-99-91(59-76)93-61-82(74-37-47-89(48-38-74)109(7,8)9)63-95-104(93)114(99)101-65-86(66-102-103(101)111(95)96-64-83(75-39-49-90(50-40-75)110(10,11)12)62-94-92-60-77(42-52-100(92)115(102)105(94)96)73-35-45-88(46-36-73)108(4,5)6)106-112-97(84-55-78(68-25-17-13-18-26-68)53-79(56-84)69-27-19-14-20-28-69)67-98(113-106)85-57-80(70-29-21-15-22-30-70)54-81(58-85)71-31-23-16-24-32-71/h13-67H,1-12H3. The van der Waals surface area contributed by atoms with Gasteiger partial charge in [0.05, 0.1) is 22.4 Å². The molecule has 18 aromatic rings. The molecule has 0 saturated heterocycles. The molecule has 5 heteroatoms. The van der Waals surface area contributed by atoms with Crippen molar-refractivity contribution in [3.63, 3.8) is 0 Å². The molecule has 0 radical (unpaired) electrons. The van der Waals surface area contributed by atoms with Gasteiger partial charge in [-0.2, -0.15) is 0 Å². The zero-order chi connectivity index (χ0) is 78.6. The van der Waals surface area contributed by atoms with Crippen molar-refractivity contribution in [1.29, 1.82) is 0 Å². The number of fused-ring (bicyclic) bond motifs is 10. The van der Waals surface area contributed by atoms with E-state index in [9.17, 15) is 0 Å². The van der Waals surface area contributed by atoms with E-state index in [1.54, 1.807) is 0 Å². The molecule has 3 aromatic heterocycles. The van der Waals surface area contributed by atoms with Gasteiger partial charge >= 0.3 is 0 Å². The first-order valence-electron chi connectivity index (χ1n) is 40.8. The Bertz CT molecular complexity index is 6370. The molecule has 115 heavy (non-hydrogen) atoms. The van der Waals surface area contributed by atoms with Crippen molar-refractivity contribution in [2.75, 3.05) is 0 Å². The highest BCUT2D eigenvalue weighted by atomic mass is 15.0. The lowest BCUT2D eigenvalue weighted by molar-refractivity contribution is 0.590. The quantitative estimate of drug-likeness (QED) is 0.121. The van der Waals surface area contributed by atoms with Crippen LogP contribution in [0.3, 0.4) is 0 Å². The summed E-state index contributed by atoms with van der Waals surface area (Å²) in [6.07, 6.45) is 0. The van der Waals surface area contributed by atoms with Gasteiger partial charge in [0.2, 0.25) is 0 Å². The van der Waals surface area contributed by atoms with Crippen LogP contribution in [-0.2, 0) is 21.7 Å². The van der Waals surface area contributed by atoms with Gasteiger partial charge in [0.15, 0.2) is 5.82 Å². The first kappa shape index (κ1) is 71.1. The lowest BCUT2D eigenvalue weighted by Gasteiger charge is -2.34. The maximum Gasteiger partial charge on any atom is 0.252 e. The highest BCUT2D eigenvalue weighted by Crippen LogP contribution is 2.47. The Balaban J connectivity index is 0.918. The monoisotopic (exact) mass is 1480 g/mol. The fraction of sp³-hybridized carbons (Fsp3) is 0.145. The molecule has 4 nitrogen and oxygen atoms in total. The molecule has 0 fully saturated rings. The summed E-state index contributed by atoms with van der Waals surface area (Å²) in [6.45, 7) is 27.4. The number of nitrogens with zero attached hydrogens (tertiary/aromatic N) is 4. The van der Waals surface area contributed by atoms with Crippen molar-refractivity contribution in [2.24, 2.45) is 0 Å². The van der Waals surface area contributed by atoms with Gasteiger partial charge in [0.1, 0.15) is 0 Å². The average molecular weight is 1480 g/mol. The Morgan fingerprint density at radius 2 is 0.478 bits per heavy atom. The van der Waals surface area contributed by atoms with Crippen LogP contribution >= 0.6 is 0 Å². The SMILES string of the molecule is CC(C)(C)c1ccc(-c2ccc3c(c2)c2cc(-c4ccc(C(C)(C)C)cc4)cc4c2n3-c2cc(-c3nc(-c5cc(-c6ccccc6)cc(-c6ccccc6)c5)cc(-c5cc(-c6ccccc6)cc(-c6ccccc6)c5)n3)cc3c2B4c2cc(-c4ccc(C(C)(C)C)cc4)cc4c5cc(-c6ccc(C(C)(C)C)cc6)ccc5n-3c24)cc1. The van der Waals surface area contributed by atoms with Gasteiger partial charge < -0.3 is 9.13 Å². The molecule has 20 rings (SSSR count). The van der Waals surface area contributed by atoms with Gasteiger partial charge in [-0.25, -0.2) is 9.97 Å². The molecule has 554 valence electrons. The van der Waals surface area contributed by atoms with Crippen molar-refractivity contribution < 1.29 is 0 Å². The van der Waals surface area contributed by atoms with Crippen LogP contribution < -0.4 is 16.4 Å². The molecule has 0 atom stereocenters. The van der Waals surface area contributed by atoms with Crippen molar-refractivity contribution >= 4 is 66.7 Å². The summed E-state index contributed by atoms with van der Waals surface area (Å²) in [4.78, 5) is 12.0. The first-order valence-corrected chi connectivity index (χ1v) is 40.8. The minimum atomic E-state index is -0.230. The minimum absolute atomic E-state index is 0.0119. The molecule has 15 aromatic carbocycles. The van der Waals surface area contributed by atoms with Gasteiger partial charge in [0.25, 0.3) is 6.71 Å². The zero-order valence-corrected chi connectivity index (χ0v) is 67.6. The second kappa shape index (κ2) is 26.9. The maximum atomic E-state index is 6.01. The van der Waals surface area contributed by atoms with E-state index >= 15 is 0 Å². The van der Waals surface area contributed by atoms with E-state index in [1.165, 1.54) is 116 Å². The van der Waals surface area contributed by atoms with E-state index < -0.39 is 0 Å². The molecule has 0 aliphatic carbocycles. The molecular weight excluding hydrogens is 1390 g/mol. The maximum absolute atomic E-state index is 6.01. The summed E-state index contributed by atoms with van der Waals surface area (Å²) in [7, 11) is 0. The van der Waals surface area contributed by atoms with Crippen LogP contribution in [0.25, 0.3) is 178 Å². The van der Waals surface area contributed by atoms with E-state index in [1.807, 2.05) is 0 Å². The summed E-state index contributed by atoms with van der Waals surface area (Å²) in [5.41, 5.74) is 38.9. The van der Waals surface area contributed by atoms with Crippen LogP contribution in [0.15, 0.2) is 334 Å².